The Kier molecular flexibility index (Phi) is 6.71. The molecule has 1 aromatic carbocycles. The fourth-order valence-corrected chi connectivity index (χ4v) is 4.69. The molecule has 0 saturated heterocycles. The standard InChI is InChI=1S/C17H24O6Si/c1-21-12-9-7-11(8-10-12)14(18)13(16(19)22-2)15(17(20)23-3)24(4,5)6/h7-10,13,15H,1-6H3. The summed E-state index contributed by atoms with van der Waals surface area (Å²) in [6.07, 6.45) is 0. The molecule has 0 radical (unpaired) electrons. The summed E-state index contributed by atoms with van der Waals surface area (Å²) in [5, 5.41) is 0. The van der Waals surface area contributed by atoms with E-state index in [4.69, 9.17) is 14.2 Å². The largest absolute Gasteiger partial charge is 0.497 e. The molecule has 0 fully saturated rings. The molecule has 0 aromatic heterocycles. The minimum atomic E-state index is -2.25. The number of ketones is 1. The highest BCUT2D eigenvalue weighted by molar-refractivity contribution is 6.81. The van der Waals surface area contributed by atoms with Gasteiger partial charge in [0.2, 0.25) is 0 Å². The highest BCUT2D eigenvalue weighted by Gasteiger charge is 2.48. The second-order valence-electron chi connectivity index (χ2n) is 6.46. The van der Waals surface area contributed by atoms with Crippen LogP contribution < -0.4 is 4.74 Å². The maximum absolute atomic E-state index is 12.9. The molecule has 0 aliphatic rings. The summed E-state index contributed by atoms with van der Waals surface area (Å²) in [5.41, 5.74) is -0.511. The van der Waals surface area contributed by atoms with Gasteiger partial charge in [-0.15, -0.1) is 0 Å². The van der Waals surface area contributed by atoms with Crippen molar-refractivity contribution in [2.24, 2.45) is 5.92 Å². The van der Waals surface area contributed by atoms with Crippen LogP contribution in [0, 0.1) is 5.92 Å². The van der Waals surface area contributed by atoms with Crippen LogP contribution >= 0.6 is 0 Å². The monoisotopic (exact) mass is 352 g/mol. The maximum atomic E-state index is 12.9. The maximum Gasteiger partial charge on any atom is 0.317 e. The van der Waals surface area contributed by atoms with E-state index in [1.54, 1.807) is 24.3 Å². The van der Waals surface area contributed by atoms with Crippen molar-refractivity contribution < 1.29 is 28.6 Å². The SMILES string of the molecule is COC(=O)C(C(=O)c1ccc(OC)cc1)C(C(=O)OC)[Si](C)(C)C. The molecule has 0 spiro atoms. The Morgan fingerprint density at radius 1 is 0.875 bits per heavy atom. The van der Waals surface area contributed by atoms with Crippen molar-refractivity contribution in [3.05, 3.63) is 29.8 Å². The zero-order chi connectivity index (χ0) is 18.5. The lowest BCUT2D eigenvalue weighted by Crippen LogP contribution is -2.45. The van der Waals surface area contributed by atoms with Gasteiger partial charge in [0.25, 0.3) is 0 Å². The molecule has 7 heteroatoms. The van der Waals surface area contributed by atoms with Crippen molar-refractivity contribution in [3.63, 3.8) is 0 Å². The molecular weight excluding hydrogens is 328 g/mol. The van der Waals surface area contributed by atoms with Crippen molar-refractivity contribution in [1.82, 2.24) is 0 Å². The van der Waals surface area contributed by atoms with Crippen molar-refractivity contribution in [3.8, 4) is 5.75 Å². The molecule has 0 bridgehead atoms. The smallest absolute Gasteiger partial charge is 0.317 e. The second-order valence-corrected chi connectivity index (χ2v) is 11.8. The van der Waals surface area contributed by atoms with Crippen LogP contribution in [0.1, 0.15) is 10.4 Å². The number of carbonyl (C=O) groups excluding carboxylic acids is 3. The van der Waals surface area contributed by atoms with Gasteiger partial charge in [0.1, 0.15) is 11.7 Å². The lowest BCUT2D eigenvalue weighted by Gasteiger charge is -2.31. The number of ether oxygens (including phenoxy) is 3. The van der Waals surface area contributed by atoms with Gasteiger partial charge in [0.15, 0.2) is 5.78 Å². The van der Waals surface area contributed by atoms with E-state index < -0.39 is 37.3 Å². The third-order valence-corrected chi connectivity index (χ3v) is 6.27. The zero-order valence-electron chi connectivity index (χ0n) is 14.9. The van der Waals surface area contributed by atoms with Crippen LogP contribution in [0.5, 0.6) is 5.75 Å². The Balaban J connectivity index is 3.35. The van der Waals surface area contributed by atoms with Gasteiger partial charge < -0.3 is 14.2 Å². The van der Waals surface area contributed by atoms with Gasteiger partial charge in [-0.3, -0.25) is 14.4 Å². The molecule has 1 rings (SSSR count). The van der Waals surface area contributed by atoms with Crippen LogP contribution in [-0.4, -0.2) is 47.1 Å². The Labute approximate surface area is 143 Å². The Bertz CT molecular complexity index is 603. The quantitative estimate of drug-likeness (QED) is 0.325. The second kappa shape index (κ2) is 8.10. The van der Waals surface area contributed by atoms with Gasteiger partial charge in [-0.05, 0) is 24.3 Å². The molecular formula is C17H24O6Si. The first kappa shape index (κ1) is 19.9. The fourth-order valence-electron chi connectivity index (χ4n) is 2.57. The Morgan fingerprint density at radius 3 is 1.75 bits per heavy atom. The van der Waals surface area contributed by atoms with Crippen LogP contribution in [0.2, 0.25) is 25.2 Å². The van der Waals surface area contributed by atoms with Crippen molar-refractivity contribution in [2.45, 2.75) is 25.2 Å². The minimum Gasteiger partial charge on any atom is -0.497 e. The predicted molar refractivity (Wildman–Crippen MR) is 91.9 cm³/mol. The average Bonchev–Trinajstić information content (AvgIpc) is 2.56. The van der Waals surface area contributed by atoms with Crippen LogP contribution in [0.4, 0.5) is 0 Å². The zero-order valence-corrected chi connectivity index (χ0v) is 15.9. The van der Waals surface area contributed by atoms with Crippen LogP contribution in [-0.2, 0) is 19.1 Å². The van der Waals surface area contributed by atoms with Crippen LogP contribution in [0.15, 0.2) is 24.3 Å². The number of Topliss-reactive ketones (excluding diaryl/α,β-unsaturated/α-hetero) is 1. The van der Waals surface area contributed by atoms with Crippen molar-refractivity contribution in [2.75, 3.05) is 21.3 Å². The van der Waals surface area contributed by atoms with Crippen LogP contribution in [0.3, 0.4) is 0 Å². The molecule has 0 aliphatic carbocycles. The fraction of sp³-hybridized carbons (Fsp3) is 0.471. The highest BCUT2D eigenvalue weighted by atomic mass is 28.3. The summed E-state index contributed by atoms with van der Waals surface area (Å²) in [7, 11) is 1.73. The van der Waals surface area contributed by atoms with E-state index in [9.17, 15) is 14.4 Å². The van der Waals surface area contributed by atoms with Gasteiger partial charge in [-0.2, -0.15) is 0 Å². The van der Waals surface area contributed by atoms with Gasteiger partial charge in [-0.1, -0.05) is 19.6 Å². The Hall–Kier alpha value is -2.15. The number of rotatable bonds is 7. The van der Waals surface area contributed by atoms with E-state index in [1.807, 2.05) is 19.6 Å². The van der Waals surface area contributed by atoms with E-state index in [-0.39, 0.29) is 0 Å². The molecule has 1 aromatic rings. The van der Waals surface area contributed by atoms with E-state index in [0.29, 0.717) is 11.3 Å². The summed E-state index contributed by atoms with van der Waals surface area (Å²) in [6, 6.07) is 6.39. The number of benzene rings is 1. The first-order chi connectivity index (χ1) is 11.2. The van der Waals surface area contributed by atoms with Gasteiger partial charge >= 0.3 is 11.9 Å². The number of hydrogen-bond donors (Lipinski definition) is 0. The summed E-state index contributed by atoms with van der Waals surface area (Å²) in [4.78, 5) is 37.5. The number of hydrogen-bond acceptors (Lipinski definition) is 6. The van der Waals surface area contributed by atoms with Crippen LogP contribution in [0.25, 0.3) is 0 Å². The molecule has 0 heterocycles. The van der Waals surface area contributed by atoms with Crippen molar-refractivity contribution in [1.29, 1.82) is 0 Å². The lowest BCUT2D eigenvalue weighted by molar-refractivity contribution is -0.150. The summed E-state index contributed by atoms with van der Waals surface area (Å²) < 4.78 is 14.7. The Morgan fingerprint density at radius 2 is 1.38 bits per heavy atom. The summed E-state index contributed by atoms with van der Waals surface area (Å²) in [6.45, 7) is 5.73. The average molecular weight is 352 g/mol. The number of esters is 2. The van der Waals surface area contributed by atoms with Crippen molar-refractivity contribution >= 4 is 25.8 Å². The third-order valence-electron chi connectivity index (χ3n) is 3.83. The van der Waals surface area contributed by atoms with E-state index in [1.165, 1.54) is 21.3 Å². The summed E-state index contributed by atoms with van der Waals surface area (Å²) in [5.74, 6) is -2.37. The number of methoxy groups -OCH3 is 3. The molecule has 0 saturated carbocycles. The molecule has 0 N–H and O–H groups in total. The van der Waals surface area contributed by atoms with E-state index >= 15 is 0 Å². The first-order valence-corrected chi connectivity index (χ1v) is 11.1. The predicted octanol–water partition coefficient (Wildman–Crippen LogP) is 2.55. The molecule has 0 amide bonds. The molecule has 6 nitrogen and oxygen atoms in total. The number of carbonyl (C=O) groups is 3. The molecule has 2 atom stereocenters. The minimum absolute atomic E-state index is 0.318. The van der Waals surface area contributed by atoms with Gasteiger partial charge in [0, 0.05) is 5.56 Å². The topological polar surface area (TPSA) is 78.9 Å². The summed E-state index contributed by atoms with van der Waals surface area (Å²) >= 11 is 0. The third kappa shape index (κ3) is 4.44. The van der Waals surface area contributed by atoms with Gasteiger partial charge in [-0.25, -0.2) is 0 Å². The highest BCUT2D eigenvalue weighted by Crippen LogP contribution is 2.35. The molecule has 0 aliphatic heterocycles. The first-order valence-electron chi connectivity index (χ1n) is 7.51. The normalized spacial score (nSPS) is 13.6. The molecule has 132 valence electrons. The lowest BCUT2D eigenvalue weighted by atomic mass is 9.94. The molecule has 2 unspecified atom stereocenters. The van der Waals surface area contributed by atoms with E-state index in [2.05, 4.69) is 0 Å². The van der Waals surface area contributed by atoms with Gasteiger partial charge in [0.05, 0.1) is 34.9 Å². The van der Waals surface area contributed by atoms with E-state index in [0.717, 1.165) is 0 Å². The molecule has 24 heavy (non-hydrogen) atoms.